The van der Waals surface area contributed by atoms with Crippen LogP contribution in [0.15, 0.2) is 30.3 Å². The Bertz CT molecular complexity index is 668. The number of aromatic hydroxyl groups is 1. The van der Waals surface area contributed by atoms with Crippen LogP contribution < -0.4 is 5.32 Å². The van der Waals surface area contributed by atoms with Gasteiger partial charge in [0.2, 0.25) is 0 Å². The summed E-state index contributed by atoms with van der Waals surface area (Å²) in [7, 11) is 0. The lowest BCUT2D eigenvalue weighted by atomic mass is 10.1. The zero-order valence-electron chi connectivity index (χ0n) is 9.75. The average molecular weight is 302 g/mol. The predicted octanol–water partition coefficient (Wildman–Crippen LogP) is 3.72. The van der Waals surface area contributed by atoms with Crippen LogP contribution in [0.25, 0.3) is 0 Å². The molecule has 0 aromatic heterocycles. The highest BCUT2D eigenvalue weighted by Crippen LogP contribution is 2.28. The van der Waals surface area contributed by atoms with Crippen LogP contribution >= 0.6 is 11.6 Å². The van der Waals surface area contributed by atoms with Crippen molar-refractivity contribution in [1.82, 2.24) is 0 Å². The van der Waals surface area contributed by atoms with E-state index in [4.69, 9.17) is 11.6 Å². The van der Waals surface area contributed by atoms with Gasteiger partial charge in [-0.25, -0.2) is 13.2 Å². The predicted molar refractivity (Wildman–Crippen MR) is 67.4 cm³/mol. The monoisotopic (exact) mass is 301 g/mol. The third kappa shape index (κ3) is 2.85. The van der Waals surface area contributed by atoms with Crippen LogP contribution in [0.5, 0.6) is 5.75 Å². The van der Waals surface area contributed by atoms with Crippen molar-refractivity contribution in [2.24, 2.45) is 0 Å². The normalized spacial score (nSPS) is 10.4. The summed E-state index contributed by atoms with van der Waals surface area (Å²) >= 11 is 5.61. The second-order valence-corrected chi connectivity index (χ2v) is 4.27. The van der Waals surface area contributed by atoms with E-state index in [1.165, 1.54) is 0 Å². The van der Waals surface area contributed by atoms with E-state index >= 15 is 0 Å². The second-order valence-electron chi connectivity index (χ2n) is 3.86. The summed E-state index contributed by atoms with van der Waals surface area (Å²) < 4.78 is 39.1. The van der Waals surface area contributed by atoms with Gasteiger partial charge in [-0.3, -0.25) is 4.79 Å². The molecule has 2 aromatic rings. The van der Waals surface area contributed by atoms with E-state index in [-0.39, 0.29) is 10.6 Å². The van der Waals surface area contributed by atoms with Crippen LogP contribution in [0.3, 0.4) is 0 Å². The van der Waals surface area contributed by atoms with Gasteiger partial charge in [0, 0.05) is 12.1 Å². The van der Waals surface area contributed by atoms with Crippen molar-refractivity contribution >= 4 is 23.2 Å². The Hall–Kier alpha value is -2.21. The number of benzene rings is 2. The first kappa shape index (κ1) is 14.2. The number of rotatable bonds is 2. The number of phenolic OH excluding ortho intramolecular Hbond substituents is 1. The molecule has 0 spiro atoms. The summed E-state index contributed by atoms with van der Waals surface area (Å²) in [5.74, 6) is -4.21. The maximum Gasteiger partial charge on any atom is 0.259 e. The van der Waals surface area contributed by atoms with Gasteiger partial charge in [0.05, 0.1) is 16.3 Å². The Balaban J connectivity index is 2.33. The molecule has 7 heteroatoms. The highest BCUT2D eigenvalue weighted by atomic mass is 35.5. The highest BCUT2D eigenvalue weighted by Gasteiger charge is 2.17. The van der Waals surface area contributed by atoms with Crippen LogP contribution in [0, 0.1) is 17.5 Å². The van der Waals surface area contributed by atoms with E-state index in [9.17, 15) is 23.1 Å². The minimum absolute atomic E-state index is 0.272. The molecular formula is C13H7ClF3NO2. The number of carbonyl (C=O) groups excluding carboxylic acids is 1. The molecule has 2 aromatic carbocycles. The van der Waals surface area contributed by atoms with Gasteiger partial charge in [0.15, 0.2) is 5.82 Å². The molecule has 0 aliphatic heterocycles. The van der Waals surface area contributed by atoms with E-state index in [1.807, 2.05) is 0 Å². The van der Waals surface area contributed by atoms with Gasteiger partial charge in [-0.1, -0.05) is 11.6 Å². The van der Waals surface area contributed by atoms with Gasteiger partial charge >= 0.3 is 0 Å². The van der Waals surface area contributed by atoms with Gasteiger partial charge in [0.25, 0.3) is 5.91 Å². The first-order valence-electron chi connectivity index (χ1n) is 5.33. The smallest absolute Gasteiger partial charge is 0.259 e. The van der Waals surface area contributed by atoms with Crippen molar-refractivity contribution in [3.8, 4) is 5.75 Å². The zero-order chi connectivity index (χ0) is 14.9. The summed E-state index contributed by atoms with van der Waals surface area (Å²) in [5, 5.41) is 11.2. The molecule has 0 bridgehead atoms. The summed E-state index contributed by atoms with van der Waals surface area (Å²) in [6, 6.07) is 4.08. The Morgan fingerprint density at radius 1 is 1.10 bits per heavy atom. The lowest BCUT2D eigenvalue weighted by molar-refractivity contribution is 0.102. The van der Waals surface area contributed by atoms with Crippen molar-refractivity contribution in [1.29, 1.82) is 0 Å². The Morgan fingerprint density at radius 2 is 1.80 bits per heavy atom. The van der Waals surface area contributed by atoms with Gasteiger partial charge < -0.3 is 10.4 Å². The van der Waals surface area contributed by atoms with Crippen molar-refractivity contribution in [2.75, 3.05) is 5.32 Å². The molecule has 2 N–H and O–H groups in total. The molecule has 3 nitrogen and oxygen atoms in total. The fourth-order valence-electron chi connectivity index (χ4n) is 1.54. The quantitative estimate of drug-likeness (QED) is 0.888. The molecule has 0 radical (unpaired) electrons. The van der Waals surface area contributed by atoms with Gasteiger partial charge in [-0.2, -0.15) is 0 Å². The summed E-state index contributed by atoms with van der Waals surface area (Å²) in [6.07, 6.45) is 0. The van der Waals surface area contributed by atoms with E-state index in [2.05, 4.69) is 5.32 Å². The maximum absolute atomic E-state index is 13.5. The minimum atomic E-state index is -1.06. The fourth-order valence-corrected chi connectivity index (χ4v) is 1.78. The molecule has 20 heavy (non-hydrogen) atoms. The molecule has 1 amide bonds. The van der Waals surface area contributed by atoms with Crippen LogP contribution in [0.1, 0.15) is 10.4 Å². The number of carbonyl (C=O) groups is 1. The topological polar surface area (TPSA) is 49.3 Å². The Labute approximate surface area is 116 Å². The molecule has 104 valence electrons. The first-order chi connectivity index (χ1) is 9.38. The van der Waals surface area contributed by atoms with E-state index in [0.29, 0.717) is 6.07 Å². The molecule has 0 aliphatic rings. The first-order valence-corrected chi connectivity index (χ1v) is 5.70. The molecule has 0 saturated heterocycles. The van der Waals surface area contributed by atoms with Crippen LogP contribution in [-0.2, 0) is 0 Å². The van der Waals surface area contributed by atoms with Crippen LogP contribution in [-0.4, -0.2) is 11.0 Å². The number of nitrogens with one attached hydrogen (secondary N) is 1. The number of amides is 1. The van der Waals surface area contributed by atoms with Crippen molar-refractivity contribution < 1.29 is 23.1 Å². The Morgan fingerprint density at radius 3 is 2.40 bits per heavy atom. The molecule has 0 unspecified atom stereocenters. The summed E-state index contributed by atoms with van der Waals surface area (Å²) in [4.78, 5) is 11.8. The molecule has 2 rings (SSSR count). The third-order valence-electron chi connectivity index (χ3n) is 2.45. The lowest BCUT2D eigenvalue weighted by Crippen LogP contribution is -2.14. The van der Waals surface area contributed by atoms with Crippen LogP contribution in [0.4, 0.5) is 18.9 Å². The SMILES string of the molecule is O=C(Nc1c(F)cc(F)cc1Cl)c1ccc(F)cc1O. The average Bonchev–Trinajstić information content (AvgIpc) is 2.33. The number of anilines is 1. The second kappa shape index (κ2) is 5.42. The number of hydrogen-bond donors (Lipinski definition) is 2. The maximum atomic E-state index is 13.5. The van der Waals surface area contributed by atoms with Crippen molar-refractivity contribution in [2.45, 2.75) is 0 Å². The molecular weight excluding hydrogens is 295 g/mol. The fraction of sp³-hybridized carbons (Fsp3) is 0. The highest BCUT2D eigenvalue weighted by molar-refractivity contribution is 6.34. The minimum Gasteiger partial charge on any atom is -0.507 e. The largest absolute Gasteiger partial charge is 0.507 e. The Kier molecular flexibility index (Phi) is 3.85. The standard InChI is InChI=1S/C13H7ClF3NO2/c14-9-3-7(16)4-10(17)12(9)18-13(20)8-2-1-6(15)5-11(8)19/h1-5,19H,(H,18,20). The zero-order valence-corrected chi connectivity index (χ0v) is 10.5. The van der Waals surface area contributed by atoms with E-state index < -0.39 is 34.8 Å². The van der Waals surface area contributed by atoms with E-state index in [0.717, 1.165) is 24.3 Å². The van der Waals surface area contributed by atoms with Gasteiger partial charge in [-0.05, 0) is 18.2 Å². The summed E-state index contributed by atoms with van der Waals surface area (Å²) in [6.45, 7) is 0. The van der Waals surface area contributed by atoms with Crippen LogP contribution in [0.2, 0.25) is 5.02 Å². The number of halogens is 4. The molecule has 0 heterocycles. The van der Waals surface area contributed by atoms with Crippen molar-refractivity contribution in [3.05, 3.63) is 58.4 Å². The number of hydrogen-bond acceptors (Lipinski definition) is 2. The molecule has 0 saturated carbocycles. The third-order valence-corrected chi connectivity index (χ3v) is 2.75. The molecule has 0 atom stereocenters. The van der Waals surface area contributed by atoms with Gasteiger partial charge in [0.1, 0.15) is 17.4 Å². The summed E-state index contributed by atoms with van der Waals surface area (Å²) in [5.41, 5.74) is -0.701. The van der Waals surface area contributed by atoms with Crippen molar-refractivity contribution in [3.63, 3.8) is 0 Å². The molecule has 0 fully saturated rings. The lowest BCUT2D eigenvalue weighted by Gasteiger charge is -2.09. The van der Waals surface area contributed by atoms with E-state index in [1.54, 1.807) is 0 Å². The number of phenols is 1. The van der Waals surface area contributed by atoms with Gasteiger partial charge in [-0.15, -0.1) is 0 Å². The molecule has 0 aliphatic carbocycles.